The van der Waals surface area contributed by atoms with E-state index in [0.29, 0.717) is 32.5 Å². The molecule has 0 aromatic heterocycles. The van der Waals surface area contributed by atoms with Crippen molar-refractivity contribution in [3.63, 3.8) is 0 Å². The topological polar surface area (TPSA) is 66.8 Å². The van der Waals surface area contributed by atoms with Crippen molar-refractivity contribution in [2.75, 3.05) is 19.7 Å². The molecule has 0 unspecified atom stereocenters. The molecule has 0 atom stereocenters. The Hall–Kier alpha value is -2.56. The second-order valence-electron chi connectivity index (χ2n) is 6.85. The summed E-state index contributed by atoms with van der Waals surface area (Å²) in [5.74, 6) is 0.442. The van der Waals surface area contributed by atoms with Gasteiger partial charge in [-0.2, -0.15) is 0 Å². The zero-order valence-corrected chi connectivity index (χ0v) is 14.9. The summed E-state index contributed by atoms with van der Waals surface area (Å²) in [7, 11) is 0. The number of fused-ring (bicyclic) bond motifs is 1. The molecule has 0 bridgehead atoms. The molecule has 2 aromatic carbocycles. The lowest BCUT2D eigenvalue weighted by molar-refractivity contribution is -0.138. The second kappa shape index (κ2) is 8.70. The number of amides is 1. The molecule has 1 amide bonds. The van der Waals surface area contributed by atoms with Gasteiger partial charge in [0.25, 0.3) is 0 Å². The number of benzene rings is 2. The largest absolute Gasteiger partial charge is 0.493 e. The standard InChI is InChI=1S/C21H25NO4/c23-20(22-12-10-16(11-13-22)15-21(24)25)9-4-14-26-19-8-3-6-17-5-1-2-7-18(17)19/h1-3,5-8,16H,4,9-15H2,(H,24,25). The summed E-state index contributed by atoms with van der Waals surface area (Å²) in [6.45, 7) is 1.84. The van der Waals surface area contributed by atoms with Crippen molar-refractivity contribution in [1.82, 2.24) is 4.90 Å². The van der Waals surface area contributed by atoms with Crippen molar-refractivity contribution >= 4 is 22.6 Å². The molecule has 1 N–H and O–H groups in total. The molecule has 138 valence electrons. The van der Waals surface area contributed by atoms with E-state index in [9.17, 15) is 9.59 Å². The first-order valence-corrected chi connectivity index (χ1v) is 9.23. The monoisotopic (exact) mass is 355 g/mol. The Morgan fingerprint density at radius 1 is 1.08 bits per heavy atom. The number of piperidine rings is 1. The summed E-state index contributed by atoms with van der Waals surface area (Å²) < 4.78 is 5.88. The van der Waals surface area contributed by atoms with Gasteiger partial charge in [-0.05, 0) is 36.6 Å². The summed E-state index contributed by atoms with van der Waals surface area (Å²) in [6, 6.07) is 14.1. The number of nitrogens with zero attached hydrogens (tertiary/aromatic N) is 1. The quantitative estimate of drug-likeness (QED) is 0.769. The highest BCUT2D eigenvalue weighted by Gasteiger charge is 2.23. The van der Waals surface area contributed by atoms with Gasteiger partial charge in [-0.1, -0.05) is 36.4 Å². The summed E-state index contributed by atoms with van der Waals surface area (Å²) in [5, 5.41) is 11.1. The van der Waals surface area contributed by atoms with Gasteiger partial charge >= 0.3 is 5.97 Å². The van der Waals surface area contributed by atoms with E-state index < -0.39 is 5.97 Å². The maximum absolute atomic E-state index is 12.3. The maximum atomic E-state index is 12.3. The van der Waals surface area contributed by atoms with E-state index in [0.717, 1.165) is 29.4 Å². The maximum Gasteiger partial charge on any atom is 0.303 e. The van der Waals surface area contributed by atoms with Crippen molar-refractivity contribution in [2.24, 2.45) is 5.92 Å². The van der Waals surface area contributed by atoms with Crippen LogP contribution in [0.1, 0.15) is 32.1 Å². The minimum absolute atomic E-state index is 0.139. The van der Waals surface area contributed by atoms with E-state index in [1.54, 1.807) is 0 Å². The molecule has 1 heterocycles. The summed E-state index contributed by atoms with van der Waals surface area (Å²) in [6.07, 6.45) is 2.92. The molecular formula is C21H25NO4. The molecular weight excluding hydrogens is 330 g/mol. The minimum Gasteiger partial charge on any atom is -0.493 e. The number of carboxylic acids is 1. The fourth-order valence-electron chi connectivity index (χ4n) is 3.52. The number of hydrogen-bond donors (Lipinski definition) is 1. The Balaban J connectivity index is 1.41. The third kappa shape index (κ3) is 4.75. The predicted molar refractivity (Wildman–Crippen MR) is 100 cm³/mol. The first-order chi connectivity index (χ1) is 12.6. The van der Waals surface area contributed by atoms with Crippen molar-refractivity contribution in [2.45, 2.75) is 32.1 Å². The lowest BCUT2D eigenvalue weighted by atomic mass is 9.93. The first-order valence-electron chi connectivity index (χ1n) is 9.23. The normalized spacial score (nSPS) is 15.2. The molecule has 5 heteroatoms. The van der Waals surface area contributed by atoms with Crippen LogP contribution in [0.15, 0.2) is 42.5 Å². The lowest BCUT2D eigenvalue weighted by Crippen LogP contribution is -2.38. The third-order valence-electron chi connectivity index (χ3n) is 4.97. The molecule has 1 fully saturated rings. The highest BCUT2D eigenvalue weighted by Crippen LogP contribution is 2.25. The molecule has 5 nitrogen and oxygen atoms in total. The van der Waals surface area contributed by atoms with Gasteiger partial charge in [0.2, 0.25) is 5.91 Å². The summed E-state index contributed by atoms with van der Waals surface area (Å²) in [5.41, 5.74) is 0. The van der Waals surface area contributed by atoms with Gasteiger partial charge in [-0.15, -0.1) is 0 Å². The summed E-state index contributed by atoms with van der Waals surface area (Å²) in [4.78, 5) is 24.9. The van der Waals surface area contributed by atoms with E-state index in [2.05, 4.69) is 12.1 Å². The molecule has 0 radical (unpaired) electrons. The molecule has 26 heavy (non-hydrogen) atoms. The molecule has 2 aromatic rings. The number of aliphatic carboxylic acids is 1. The minimum atomic E-state index is -0.750. The highest BCUT2D eigenvalue weighted by molar-refractivity contribution is 5.88. The average Bonchev–Trinajstić information content (AvgIpc) is 2.65. The van der Waals surface area contributed by atoms with Gasteiger partial charge in [-0.25, -0.2) is 0 Å². The zero-order valence-electron chi connectivity index (χ0n) is 14.9. The summed E-state index contributed by atoms with van der Waals surface area (Å²) >= 11 is 0. The number of carbonyl (C=O) groups excluding carboxylic acids is 1. The van der Waals surface area contributed by atoms with Crippen molar-refractivity contribution < 1.29 is 19.4 Å². The molecule has 0 saturated carbocycles. The van der Waals surface area contributed by atoms with E-state index in [1.165, 1.54) is 0 Å². The van der Waals surface area contributed by atoms with Gasteiger partial charge in [0.1, 0.15) is 5.75 Å². The number of carboxylic acid groups (broad SMARTS) is 1. The zero-order chi connectivity index (χ0) is 18.4. The molecule has 0 aliphatic carbocycles. The van der Waals surface area contributed by atoms with Crippen LogP contribution in [0.5, 0.6) is 5.75 Å². The SMILES string of the molecule is O=C(O)CC1CCN(C(=O)CCCOc2cccc3ccccc23)CC1. The van der Waals surface area contributed by atoms with Crippen LogP contribution in [0.2, 0.25) is 0 Å². The average molecular weight is 355 g/mol. The van der Waals surface area contributed by atoms with Crippen LogP contribution in [0.4, 0.5) is 0 Å². The van der Waals surface area contributed by atoms with Crippen LogP contribution in [-0.2, 0) is 9.59 Å². The Labute approximate surface area is 153 Å². The van der Waals surface area contributed by atoms with Crippen LogP contribution in [0.25, 0.3) is 10.8 Å². The van der Waals surface area contributed by atoms with E-state index in [-0.39, 0.29) is 18.2 Å². The fraction of sp³-hybridized carbons (Fsp3) is 0.429. The van der Waals surface area contributed by atoms with Crippen LogP contribution in [-0.4, -0.2) is 41.6 Å². The Kier molecular flexibility index (Phi) is 6.10. The van der Waals surface area contributed by atoms with Gasteiger partial charge in [0.15, 0.2) is 0 Å². The first kappa shape index (κ1) is 18.2. The van der Waals surface area contributed by atoms with Crippen LogP contribution in [0, 0.1) is 5.92 Å². The van der Waals surface area contributed by atoms with E-state index in [1.807, 2.05) is 35.2 Å². The second-order valence-corrected chi connectivity index (χ2v) is 6.85. The molecule has 3 rings (SSSR count). The van der Waals surface area contributed by atoms with Gasteiger partial charge < -0.3 is 14.7 Å². The van der Waals surface area contributed by atoms with E-state index >= 15 is 0 Å². The number of rotatable bonds is 7. The van der Waals surface area contributed by atoms with Crippen LogP contribution >= 0.6 is 0 Å². The van der Waals surface area contributed by atoms with E-state index in [4.69, 9.17) is 9.84 Å². The lowest BCUT2D eigenvalue weighted by Gasteiger charge is -2.31. The fourth-order valence-corrected chi connectivity index (χ4v) is 3.52. The molecule has 0 spiro atoms. The number of hydrogen-bond acceptors (Lipinski definition) is 3. The van der Waals surface area contributed by atoms with Gasteiger partial charge in [0, 0.05) is 31.3 Å². The Morgan fingerprint density at radius 2 is 1.81 bits per heavy atom. The van der Waals surface area contributed by atoms with Crippen LogP contribution < -0.4 is 4.74 Å². The predicted octanol–water partition coefficient (Wildman–Crippen LogP) is 3.71. The Morgan fingerprint density at radius 3 is 2.58 bits per heavy atom. The molecule has 1 aliphatic rings. The number of carbonyl (C=O) groups is 2. The Bertz CT molecular complexity index is 760. The van der Waals surface area contributed by atoms with Crippen molar-refractivity contribution in [1.29, 1.82) is 0 Å². The number of likely N-dealkylation sites (tertiary alicyclic amines) is 1. The highest BCUT2D eigenvalue weighted by atomic mass is 16.5. The van der Waals surface area contributed by atoms with Gasteiger partial charge in [0.05, 0.1) is 6.61 Å². The smallest absolute Gasteiger partial charge is 0.303 e. The molecule has 1 aliphatic heterocycles. The van der Waals surface area contributed by atoms with Crippen molar-refractivity contribution in [3.8, 4) is 5.75 Å². The third-order valence-corrected chi connectivity index (χ3v) is 4.97. The van der Waals surface area contributed by atoms with Crippen LogP contribution in [0.3, 0.4) is 0 Å². The van der Waals surface area contributed by atoms with Crippen molar-refractivity contribution in [3.05, 3.63) is 42.5 Å². The van der Waals surface area contributed by atoms with Gasteiger partial charge in [-0.3, -0.25) is 9.59 Å². The molecule has 1 saturated heterocycles. The number of ether oxygens (including phenoxy) is 1.